The van der Waals surface area contributed by atoms with Gasteiger partial charge in [0, 0.05) is 35.8 Å². The number of ketones is 1. The summed E-state index contributed by atoms with van der Waals surface area (Å²) in [5.41, 5.74) is -0.893. The van der Waals surface area contributed by atoms with Gasteiger partial charge in [0.25, 0.3) is 5.88 Å². The molecule has 5 atom stereocenters. The van der Waals surface area contributed by atoms with Crippen molar-refractivity contribution in [2.24, 2.45) is 23.2 Å². The molecule has 11 nitrogen and oxygen atoms in total. The van der Waals surface area contributed by atoms with Crippen LogP contribution in [-0.4, -0.2) is 64.8 Å². The number of hydrogen-bond acceptors (Lipinski definition) is 9. The summed E-state index contributed by atoms with van der Waals surface area (Å²) in [7, 11) is -3.96. The number of alkyl halides is 3. The fourth-order valence-electron chi connectivity index (χ4n) is 9.67. The molecule has 3 saturated carbocycles. The summed E-state index contributed by atoms with van der Waals surface area (Å²) in [6.07, 6.45) is 0.509. The SMILES string of the molecule is C=C[C@@H]1C[C@]1(CC(=O)[C@@H]1C[C@@H](Oc2nc(-c3ccc(C(F)(F)F)cc3)nc3c2oc2ccccc23)CN1C(=O)[C@@H](Cc1cc(F)cc(F)c1)C1CCCCC1)C(=O)NS(=O)(=O)C1CC1. The summed E-state index contributed by atoms with van der Waals surface area (Å²) in [4.78, 5) is 54.4. The van der Waals surface area contributed by atoms with E-state index in [2.05, 4.69) is 21.3 Å². The number of aromatic nitrogens is 2. The van der Waals surface area contributed by atoms with Gasteiger partial charge in [0.05, 0.1) is 28.8 Å². The first-order valence-electron chi connectivity index (χ1n) is 21.5. The fourth-order valence-corrected chi connectivity index (χ4v) is 11.1. The second-order valence-electron chi connectivity index (χ2n) is 17.7. The highest BCUT2D eigenvalue weighted by atomic mass is 32.2. The zero-order valence-corrected chi connectivity index (χ0v) is 35.4. The lowest BCUT2D eigenvalue weighted by Crippen LogP contribution is -2.48. The lowest BCUT2D eigenvalue weighted by atomic mass is 9.76. The molecule has 9 rings (SSSR count). The average molecular weight is 905 g/mol. The van der Waals surface area contributed by atoms with Crippen LogP contribution < -0.4 is 9.46 Å². The predicted molar refractivity (Wildman–Crippen MR) is 225 cm³/mol. The van der Waals surface area contributed by atoms with E-state index in [1.165, 1.54) is 35.2 Å². The summed E-state index contributed by atoms with van der Waals surface area (Å²) in [5.74, 6) is -4.87. The highest BCUT2D eigenvalue weighted by molar-refractivity contribution is 7.90. The molecule has 3 heterocycles. The van der Waals surface area contributed by atoms with Crippen molar-refractivity contribution in [3.05, 3.63) is 102 Å². The predicted octanol–water partition coefficient (Wildman–Crippen LogP) is 8.89. The van der Waals surface area contributed by atoms with Crippen LogP contribution in [0.5, 0.6) is 5.88 Å². The number of rotatable bonds is 14. The number of furan rings is 1. The van der Waals surface area contributed by atoms with Gasteiger partial charge in [0.15, 0.2) is 11.6 Å². The van der Waals surface area contributed by atoms with Crippen LogP contribution >= 0.6 is 0 Å². The third-order valence-corrected chi connectivity index (χ3v) is 15.1. The first kappa shape index (κ1) is 43.5. The molecule has 3 aliphatic carbocycles. The monoisotopic (exact) mass is 904 g/mol. The van der Waals surface area contributed by atoms with Gasteiger partial charge < -0.3 is 14.1 Å². The standard InChI is InChI=1S/C47H45F5N4O7S/c1-2-29-23-46(29,45(59)55-64(60,61)34-16-17-34)24-38(57)37-22-33(25-56(37)44(58)36(27-8-4-3-5-9-27)20-26-18-31(48)21-32(49)19-26)62-43-41-40(35-10-6-7-11-39(35)63-41)53-42(54-43)28-12-14-30(15-13-28)47(50,51)52/h2,6-7,10-15,18-19,21,27,29,33-34,36-37H,1,3-5,8-9,16-17,20,22-25H2,(H,55,59)/t29-,33-,36+,37+,46-/m1/s1. The van der Waals surface area contributed by atoms with Crippen LogP contribution in [0.1, 0.15) is 75.3 Å². The molecule has 1 saturated heterocycles. The van der Waals surface area contributed by atoms with Crippen molar-refractivity contribution < 1.29 is 53.9 Å². The lowest BCUT2D eigenvalue weighted by Gasteiger charge is -2.34. The van der Waals surface area contributed by atoms with Gasteiger partial charge in [-0.1, -0.05) is 49.6 Å². The van der Waals surface area contributed by atoms with Gasteiger partial charge in [-0.2, -0.15) is 18.2 Å². The third-order valence-electron chi connectivity index (χ3n) is 13.3. The molecule has 17 heteroatoms. The van der Waals surface area contributed by atoms with E-state index in [0.29, 0.717) is 42.2 Å². The van der Waals surface area contributed by atoms with Crippen LogP contribution in [0.15, 0.2) is 83.8 Å². The molecule has 5 aromatic rings. The summed E-state index contributed by atoms with van der Waals surface area (Å²) < 4.78 is 110. The van der Waals surface area contributed by atoms with E-state index in [1.807, 2.05) is 0 Å². The van der Waals surface area contributed by atoms with E-state index in [9.17, 15) is 40.0 Å². The molecule has 4 aliphatic rings. The number of sulfonamides is 1. The van der Waals surface area contributed by atoms with Gasteiger partial charge in [-0.15, -0.1) is 6.58 Å². The highest BCUT2D eigenvalue weighted by Crippen LogP contribution is 2.57. The summed E-state index contributed by atoms with van der Waals surface area (Å²) in [6, 6.07) is 13.2. The quantitative estimate of drug-likeness (QED) is 0.0852. The molecular weight excluding hydrogens is 860 g/mol. The number of fused-ring (bicyclic) bond motifs is 3. The number of allylic oxidation sites excluding steroid dienone is 1. The number of carbonyl (C=O) groups is 3. The van der Waals surface area contributed by atoms with Crippen LogP contribution in [0.4, 0.5) is 22.0 Å². The van der Waals surface area contributed by atoms with Gasteiger partial charge in [-0.25, -0.2) is 22.2 Å². The Morgan fingerprint density at radius 2 is 1.67 bits per heavy atom. The Bertz CT molecular complexity index is 2750. The second kappa shape index (κ2) is 16.7. The second-order valence-corrected chi connectivity index (χ2v) is 19.7. The van der Waals surface area contributed by atoms with E-state index in [-0.39, 0.29) is 60.1 Å². The van der Waals surface area contributed by atoms with Gasteiger partial charge in [0.1, 0.15) is 28.8 Å². The number of amides is 2. The third kappa shape index (κ3) is 8.62. The van der Waals surface area contributed by atoms with E-state index in [0.717, 1.165) is 37.5 Å². The normalized spacial score (nSPS) is 23.3. The number of hydrogen-bond donors (Lipinski definition) is 1. The van der Waals surface area contributed by atoms with Crippen molar-refractivity contribution in [2.45, 2.75) is 94.2 Å². The molecular formula is C47H45F5N4O7S. The van der Waals surface area contributed by atoms with Gasteiger partial charge in [-0.3, -0.25) is 19.1 Å². The molecule has 4 fully saturated rings. The molecule has 1 aliphatic heterocycles. The first-order valence-corrected chi connectivity index (χ1v) is 23.1. The maximum atomic E-state index is 15.1. The minimum atomic E-state index is -4.58. The van der Waals surface area contributed by atoms with Crippen molar-refractivity contribution in [1.29, 1.82) is 0 Å². The minimum absolute atomic E-state index is 0.00692. The summed E-state index contributed by atoms with van der Waals surface area (Å²) in [5, 5.41) is -0.110. The Balaban J connectivity index is 1.08. The molecule has 0 bridgehead atoms. The molecule has 2 aromatic heterocycles. The highest BCUT2D eigenvalue weighted by Gasteiger charge is 2.61. The Labute approximate surface area is 365 Å². The molecule has 336 valence electrons. The Hall–Kier alpha value is -5.71. The van der Waals surface area contributed by atoms with Gasteiger partial charge in [-0.05, 0) is 92.3 Å². The summed E-state index contributed by atoms with van der Waals surface area (Å²) >= 11 is 0. The lowest BCUT2D eigenvalue weighted by molar-refractivity contribution is -0.143. The molecule has 64 heavy (non-hydrogen) atoms. The van der Waals surface area contributed by atoms with Crippen LogP contribution in [-0.2, 0) is 37.0 Å². The van der Waals surface area contributed by atoms with Crippen molar-refractivity contribution >= 4 is 49.7 Å². The zero-order chi connectivity index (χ0) is 45.1. The van der Waals surface area contributed by atoms with Gasteiger partial charge in [0.2, 0.25) is 27.4 Å². The number of nitrogens with one attached hydrogen (secondary N) is 1. The number of nitrogens with zero attached hydrogens (tertiary/aromatic N) is 3. The van der Waals surface area contributed by atoms with E-state index >= 15 is 4.79 Å². The number of likely N-dealkylation sites (tertiary alicyclic amines) is 1. The molecule has 3 aromatic carbocycles. The smallest absolute Gasteiger partial charge is 0.416 e. The topological polar surface area (TPSA) is 149 Å². The van der Waals surface area contributed by atoms with E-state index in [1.54, 1.807) is 24.3 Å². The van der Waals surface area contributed by atoms with Gasteiger partial charge >= 0.3 is 6.18 Å². The zero-order valence-electron chi connectivity index (χ0n) is 34.6. The van der Waals surface area contributed by atoms with Crippen LogP contribution in [0, 0.1) is 34.8 Å². The van der Waals surface area contributed by atoms with Crippen molar-refractivity contribution in [2.75, 3.05) is 6.54 Å². The van der Waals surface area contributed by atoms with Crippen LogP contribution in [0.2, 0.25) is 0 Å². The number of Topliss-reactive ketones (excluding diaryl/α,β-unsaturated/α-hetero) is 1. The average Bonchev–Trinajstić information content (AvgIpc) is 4.17. The number of ether oxygens (including phenoxy) is 1. The first-order chi connectivity index (χ1) is 30.5. The Morgan fingerprint density at radius 1 is 0.969 bits per heavy atom. The molecule has 1 N–H and O–H groups in total. The summed E-state index contributed by atoms with van der Waals surface area (Å²) in [6.45, 7) is 3.66. The van der Waals surface area contributed by atoms with Crippen LogP contribution in [0.25, 0.3) is 33.5 Å². The van der Waals surface area contributed by atoms with E-state index < -0.39 is 92.1 Å². The van der Waals surface area contributed by atoms with E-state index in [4.69, 9.17) is 9.15 Å². The maximum absolute atomic E-state index is 15.1. The minimum Gasteiger partial charge on any atom is -0.470 e. The largest absolute Gasteiger partial charge is 0.470 e. The van der Waals surface area contributed by atoms with Crippen molar-refractivity contribution in [1.82, 2.24) is 19.6 Å². The van der Waals surface area contributed by atoms with Crippen molar-refractivity contribution in [3.63, 3.8) is 0 Å². The Kier molecular flexibility index (Phi) is 11.4. The number of para-hydroxylation sites is 1. The molecule has 2 amide bonds. The Morgan fingerprint density at radius 3 is 2.33 bits per heavy atom. The fraction of sp³-hybridized carbons (Fsp3) is 0.426. The molecule has 0 spiro atoms. The number of benzene rings is 3. The molecule has 0 radical (unpaired) electrons. The maximum Gasteiger partial charge on any atom is 0.416 e. The van der Waals surface area contributed by atoms with Crippen LogP contribution in [0.3, 0.4) is 0 Å². The number of carbonyl (C=O) groups excluding carboxylic acids is 3. The molecule has 0 unspecified atom stereocenters. The van der Waals surface area contributed by atoms with Crippen molar-refractivity contribution in [3.8, 4) is 17.3 Å². The number of halogens is 5.